The van der Waals surface area contributed by atoms with E-state index < -0.39 is 0 Å². The van der Waals surface area contributed by atoms with Crippen LogP contribution in [-0.2, 0) is 0 Å². The molecule has 0 fully saturated rings. The van der Waals surface area contributed by atoms with Crippen LogP contribution < -0.4 is 5.32 Å². The number of hydrogen-bond acceptors (Lipinski definition) is 4. The minimum Gasteiger partial charge on any atom is -0.324 e. The molecule has 0 aliphatic heterocycles. The molecule has 20 heavy (non-hydrogen) atoms. The molecular weight excluding hydrogens is 290 g/mol. The third-order valence-corrected chi connectivity index (χ3v) is 4.34. The second-order valence-corrected chi connectivity index (χ2v) is 6.45. The van der Waals surface area contributed by atoms with Crippen LogP contribution in [0.4, 0.5) is 11.6 Å². The van der Waals surface area contributed by atoms with E-state index in [0.717, 1.165) is 21.5 Å². The number of thiophene rings is 1. The summed E-state index contributed by atoms with van der Waals surface area (Å²) in [7, 11) is 0. The van der Waals surface area contributed by atoms with Gasteiger partial charge in [0.1, 0.15) is 9.98 Å². The summed E-state index contributed by atoms with van der Waals surface area (Å²) in [5.74, 6) is 0.540. The Bertz CT molecular complexity index is 795. The van der Waals surface area contributed by atoms with Crippen LogP contribution in [-0.4, -0.2) is 9.97 Å². The number of anilines is 2. The summed E-state index contributed by atoms with van der Waals surface area (Å²) >= 11 is 7.85. The molecule has 1 aromatic carbocycles. The predicted molar refractivity (Wildman–Crippen MR) is 86.4 cm³/mol. The summed E-state index contributed by atoms with van der Waals surface area (Å²) in [5, 5.41) is 4.67. The Balaban J connectivity index is 2.04. The van der Waals surface area contributed by atoms with E-state index in [1.807, 2.05) is 13.0 Å². The molecule has 0 aliphatic carbocycles. The lowest BCUT2D eigenvalue weighted by molar-refractivity contribution is 1.21. The number of fused-ring (bicyclic) bond motifs is 1. The molecule has 0 unspecified atom stereocenters. The Kier molecular flexibility index (Phi) is 3.36. The minimum atomic E-state index is 0.493. The number of nitrogens with one attached hydrogen (secondary N) is 1. The van der Waals surface area contributed by atoms with Gasteiger partial charge in [0.25, 0.3) is 0 Å². The van der Waals surface area contributed by atoms with Gasteiger partial charge in [-0.3, -0.25) is 0 Å². The Morgan fingerprint density at radius 2 is 1.90 bits per heavy atom. The van der Waals surface area contributed by atoms with E-state index in [2.05, 4.69) is 47.3 Å². The molecule has 2 heterocycles. The monoisotopic (exact) mass is 303 g/mol. The number of rotatable bonds is 2. The molecule has 5 heteroatoms. The molecule has 2 aromatic heterocycles. The van der Waals surface area contributed by atoms with Gasteiger partial charge in [-0.15, -0.1) is 11.3 Å². The van der Waals surface area contributed by atoms with E-state index in [9.17, 15) is 0 Å². The number of hydrogen-bond donors (Lipinski definition) is 1. The quantitative estimate of drug-likeness (QED) is 0.676. The summed E-state index contributed by atoms with van der Waals surface area (Å²) in [6.45, 7) is 6.15. The first-order valence-electron chi connectivity index (χ1n) is 6.31. The second kappa shape index (κ2) is 5.04. The lowest BCUT2D eigenvalue weighted by Crippen LogP contribution is -1.99. The van der Waals surface area contributed by atoms with Crippen LogP contribution in [0.15, 0.2) is 24.3 Å². The van der Waals surface area contributed by atoms with Gasteiger partial charge in [0, 0.05) is 16.0 Å². The topological polar surface area (TPSA) is 37.8 Å². The van der Waals surface area contributed by atoms with Crippen molar-refractivity contribution >= 4 is 44.8 Å². The highest BCUT2D eigenvalue weighted by Crippen LogP contribution is 2.30. The first-order valence-corrected chi connectivity index (χ1v) is 7.50. The molecule has 102 valence electrons. The third kappa shape index (κ3) is 2.49. The van der Waals surface area contributed by atoms with Gasteiger partial charge in [0.05, 0.1) is 0 Å². The van der Waals surface area contributed by atoms with E-state index in [0.29, 0.717) is 11.1 Å². The molecule has 0 atom stereocenters. The zero-order valence-corrected chi connectivity index (χ0v) is 13.1. The van der Waals surface area contributed by atoms with Gasteiger partial charge >= 0.3 is 0 Å². The van der Waals surface area contributed by atoms with E-state index in [1.165, 1.54) is 10.4 Å². The van der Waals surface area contributed by atoms with Crippen molar-refractivity contribution in [3.05, 3.63) is 45.4 Å². The van der Waals surface area contributed by atoms with E-state index in [4.69, 9.17) is 11.6 Å². The smallest absolute Gasteiger partial charge is 0.230 e. The zero-order valence-electron chi connectivity index (χ0n) is 11.5. The first kappa shape index (κ1) is 13.3. The van der Waals surface area contributed by atoms with Crippen molar-refractivity contribution in [1.29, 1.82) is 0 Å². The molecule has 0 saturated carbocycles. The molecule has 0 bridgehead atoms. The molecule has 0 aliphatic rings. The fourth-order valence-corrected chi connectivity index (χ4v) is 3.21. The molecule has 3 nitrogen and oxygen atoms in total. The van der Waals surface area contributed by atoms with Crippen LogP contribution in [0.3, 0.4) is 0 Å². The van der Waals surface area contributed by atoms with E-state index in [1.54, 1.807) is 11.3 Å². The van der Waals surface area contributed by atoms with Crippen LogP contribution >= 0.6 is 22.9 Å². The molecule has 3 rings (SSSR count). The van der Waals surface area contributed by atoms with Crippen molar-refractivity contribution in [2.24, 2.45) is 0 Å². The van der Waals surface area contributed by atoms with E-state index in [-0.39, 0.29) is 0 Å². The third-order valence-electron chi connectivity index (χ3n) is 3.11. The highest BCUT2D eigenvalue weighted by atomic mass is 35.5. The summed E-state index contributed by atoms with van der Waals surface area (Å²) < 4.78 is 0. The van der Waals surface area contributed by atoms with Gasteiger partial charge < -0.3 is 5.32 Å². The average Bonchev–Trinajstić information content (AvgIpc) is 2.75. The molecule has 3 aromatic rings. The van der Waals surface area contributed by atoms with Crippen LogP contribution in [0.1, 0.15) is 16.0 Å². The lowest BCUT2D eigenvalue weighted by Gasteiger charge is -2.09. The normalized spacial score (nSPS) is 11.0. The summed E-state index contributed by atoms with van der Waals surface area (Å²) in [6.07, 6.45) is 0. The molecule has 1 N–H and O–H groups in total. The Labute approximate surface area is 126 Å². The Hall–Kier alpha value is -1.65. The molecule has 0 amide bonds. The lowest BCUT2D eigenvalue weighted by atomic mass is 10.1. The van der Waals surface area contributed by atoms with E-state index >= 15 is 0 Å². The zero-order chi connectivity index (χ0) is 14.3. The van der Waals surface area contributed by atoms with Crippen LogP contribution in [0.25, 0.3) is 10.2 Å². The van der Waals surface area contributed by atoms with Gasteiger partial charge in [0.2, 0.25) is 5.95 Å². The van der Waals surface area contributed by atoms with Gasteiger partial charge in [-0.1, -0.05) is 23.7 Å². The van der Waals surface area contributed by atoms with Crippen molar-refractivity contribution in [2.45, 2.75) is 20.8 Å². The Morgan fingerprint density at radius 1 is 1.10 bits per heavy atom. The average molecular weight is 304 g/mol. The van der Waals surface area contributed by atoms with Crippen molar-refractivity contribution in [3.63, 3.8) is 0 Å². The maximum absolute atomic E-state index is 6.23. The largest absolute Gasteiger partial charge is 0.324 e. The van der Waals surface area contributed by atoms with Crippen molar-refractivity contribution in [1.82, 2.24) is 9.97 Å². The molecule has 0 saturated heterocycles. The predicted octanol–water partition coefficient (Wildman–Crippen LogP) is 5.01. The maximum atomic E-state index is 6.23. The highest BCUT2D eigenvalue weighted by Gasteiger charge is 2.09. The standard InChI is InChI=1S/C15H14ClN3S/c1-8-4-5-9(2)12(6-8)17-15-18-13(16)11-7-10(3)20-14(11)19-15/h4-7H,1-3H3,(H,17,18,19). The number of halogens is 1. The maximum Gasteiger partial charge on any atom is 0.230 e. The minimum absolute atomic E-state index is 0.493. The van der Waals surface area contributed by atoms with Gasteiger partial charge in [0.15, 0.2) is 0 Å². The number of benzene rings is 1. The van der Waals surface area contributed by atoms with Gasteiger partial charge in [-0.2, -0.15) is 0 Å². The van der Waals surface area contributed by atoms with Gasteiger partial charge in [-0.05, 0) is 44.0 Å². The fourth-order valence-electron chi connectivity index (χ4n) is 2.05. The number of aryl methyl sites for hydroxylation is 3. The first-order chi connectivity index (χ1) is 9.52. The van der Waals surface area contributed by atoms with Crippen molar-refractivity contribution in [3.8, 4) is 0 Å². The second-order valence-electron chi connectivity index (χ2n) is 4.86. The van der Waals surface area contributed by atoms with Crippen LogP contribution in [0, 0.1) is 20.8 Å². The number of aromatic nitrogens is 2. The van der Waals surface area contributed by atoms with Crippen LogP contribution in [0.5, 0.6) is 0 Å². The fraction of sp³-hybridized carbons (Fsp3) is 0.200. The van der Waals surface area contributed by atoms with Crippen LogP contribution in [0.2, 0.25) is 5.15 Å². The summed E-state index contributed by atoms with van der Waals surface area (Å²) in [5.41, 5.74) is 3.35. The summed E-state index contributed by atoms with van der Waals surface area (Å²) in [6, 6.07) is 8.26. The number of nitrogens with zero attached hydrogens (tertiary/aromatic N) is 2. The SMILES string of the molecule is Cc1ccc(C)c(Nc2nc(Cl)c3cc(C)sc3n2)c1. The molecular formula is C15H14ClN3S. The Morgan fingerprint density at radius 3 is 2.70 bits per heavy atom. The van der Waals surface area contributed by atoms with Crippen molar-refractivity contribution < 1.29 is 0 Å². The summed E-state index contributed by atoms with van der Waals surface area (Å²) in [4.78, 5) is 11.0. The molecule has 0 spiro atoms. The highest BCUT2D eigenvalue weighted by molar-refractivity contribution is 7.18. The van der Waals surface area contributed by atoms with Crippen molar-refractivity contribution in [2.75, 3.05) is 5.32 Å². The molecule has 0 radical (unpaired) electrons. The van der Waals surface area contributed by atoms with Gasteiger partial charge in [-0.25, -0.2) is 9.97 Å².